The minimum absolute atomic E-state index is 0.551. The van der Waals surface area contributed by atoms with Crippen molar-refractivity contribution < 1.29 is 0 Å². The molecule has 20 heavy (non-hydrogen) atoms. The molecule has 1 saturated heterocycles. The zero-order chi connectivity index (χ0) is 13.8. The minimum Gasteiger partial charge on any atom is -0.317 e. The monoisotopic (exact) mass is 286 g/mol. The topological polar surface area (TPSA) is 24.9 Å². The summed E-state index contributed by atoms with van der Waals surface area (Å²) >= 11 is 5.81. The third kappa shape index (κ3) is 3.38. The van der Waals surface area contributed by atoms with E-state index in [9.17, 15) is 0 Å². The van der Waals surface area contributed by atoms with Gasteiger partial charge in [0.15, 0.2) is 0 Å². The summed E-state index contributed by atoms with van der Waals surface area (Å²) < 4.78 is 0. The van der Waals surface area contributed by atoms with Gasteiger partial charge in [-0.25, -0.2) is 4.98 Å². The molecule has 2 aromatic rings. The number of pyridine rings is 1. The Hall–Kier alpha value is -1.38. The van der Waals surface area contributed by atoms with E-state index in [4.69, 9.17) is 11.6 Å². The van der Waals surface area contributed by atoms with Crippen molar-refractivity contribution in [2.24, 2.45) is 0 Å². The predicted octanol–water partition coefficient (Wildman–Crippen LogP) is 3.79. The largest absolute Gasteiger partial charge is 0.317 e. The molecular weight excluding hydrogens is 268 g/mol. The Morgan fingerprint density at radius 1 is 1.00 bits per heavy atom. The Bertz CT molecular complexity index is 542. The first kappa shape index (κ1) is 13.6. The molecule has 1 aliphatic heterocycles. The molecular formula is C17H19ClN2. The number of rotatable bonds is 3. The Balaban J connectivity index is 1.67. The number of nitrogens with one attached hydrogen (secondary N) is 1. The summed E-state index contributed by atoms with van der Waals surface area (Å²) in [5, 5.41) is 3.97. The molecule has 3 heteroatoms. The molecule has 0 bridgehead atoms. The van der Waals surface area contributed by atoms with E-state index in [1.54, 1.807) is 0 Å². The van der Waals surface area contributed by atoms with Crippen LogP contribution in [0.2, 0.25) is 5.15 Å². The van der Waals surface area contributed by atoms with Gasteiger partial charge < -0.3 is 5.32 Å². The van der Waals surface area contributed by atoms with E-state index >= 15 is 0 Å². The van der Waals surface area contributed by atoms with Crippen molar-refractivity contribution in [3.8, 4) is 0 Å². The van der Waals surface area contributed by atoms with Gasteiger partial charge in [-0.05, 0) is 61.0 Å². The van der Waals surface area contributed by atoms with Crippen molar-refractivity contribution in [3.63, 3.8) is 0 Å². The van der Waals surface area contributed by atoms with Crippen LogP contribution in [0.3, 0.4) is 0 Å². The van der Waals surface area contributed by atoms with E-state index in [1.807, 2.05) is 18.3 Å². The van der Waals surface area contributed by atoms with Crippen LogP contribution in [0.5, 0.6) is 0 Å². The molecule has 1 aliphatic rings. The molecule has 1 aromatic heterocycles. The summed E-state index contributed by atoms with van der Waals surface area (Å²) in [6, 6.07) is 12.9. The molecule has 1 fully saturated rings. The lowest BCUT2D eigenvalue weighted by Crippen LogP contribution is -2.26. The number of hydrogen-bond acceptors (Lipinski definition) is 2. The summed E-state index contributed by atoms with van der Waals surface area (Å²) in [6.07, 6.45) is 5.26. The first-order chi connectivity index (χ1) is 9.81. The van der Waals surface area contributed by atoms with Gasteiger partial charge in [-0.1, -0.05) is 41.9 Å². The Kier molecular flexibility index (Phi) is 4.34. The van der Waals surface area contributed by atoms with Crippen molar-refractivity contribution in [1.82, 2.24) is 10.3 Å². The first-order valence-electron chi connectivity index (χ1n) is 7.21. The van der Waals surface area contributed by atoms with Crippen LogP contribution in [0.4, 0.5) is 0 Å². The summed E-state index contributed by atoms with van der Waals surface area (Å²) in [6.45, 7) is 2.28. The predicted molar refractivity (Wildman–Crippen MR) is 83.3 cm³/mol. The van der Waals surface area contributed by atoms with Gasteiger partial charge in [-0.15, -0.1) is 0 Å². The lowest BCUT2D eigenvalue weighted by atomic mass is 9.89. The zero-order valence-corrected chi connectivity index (χ0v) is 12.2. The van der Waals surface area contributed by atoms with Gasteiger partial charge in [0.05, 0.1) is 0 Å². The van der Waals surface area contributed by atoms with E-state index in [-0.39, 0.29) is 0 Å². The number of piperidine rings is 1. The fourth-order valence-electron chi connectivity index (χ4n) is 2.81. The Labute approximate surface area is 125 Å². The van der Waals surface area contributed by atoms with Crippen molar-refractivity contribution in [3.05, 3.63) is 64.4 Å². The lowest BCUT2D eigenvalue weighted by Gasteiger charge is -2.23. The van der Waals surface area contributed by atoms with Crippen LogP contribution in [0.1, 0.15) is 35.4 Å². The summed E-state index contributed by atoms with van der Waals surface area (Å²) in [4.78, 5) is 4.12. The molecule has 0 unspecified atom stereocenters. The molecule has 0 atom stereocenters. The van der Waals surface area contributed by atoms with Gasteiger partial charge in [0.1, 0.15) is 5.15 Å². The normalized spacial score (nSPS) is 16.2. The molecule has 0 aliphatic carbocycles. The average molecular weight is 287 g/mol. The molecule has 3 rings (SSSR count). The molecule has 0 spiro atoms. The van der Waals surface area contributed by atoms with Crippen molar-refractivity contribution in [1.29, 1.82) is 0 Å². The van der Waals surface area contributed by atoms with Crippen LogP contribution in [-0.2, 0) is 6.42 Å². The fourth-order valence-corrected chi connectivity index (χ4v) is 2.92. The van der Waals surface area contributed by atoms with Crippen molar-refractivity contribution in [2.45, 2.75) is 25.2 Å². The molecule has 1 N–H and O–H groups in total. The lowest BCUT2D eigenvalue weighted by molar-refractivity contribution is 0.460. The summed E-state index contributed by atoms with van der Waals surface area (Å²) in [5.41, 5.74) is 4.00. The van der Waals surface area contributed by atoms with Crippen LogP contribution in [-0.4, -0.2) is 18.1 Å². The van der Waals surface area contributed by atoms with Gasteiger partial charge in [0.25, 0.3) is 0 Å². The van der Waals surface area contributed by atoms with Crippen LogP contribution in [0, 0.1) is 0 Å². The van der Waals surface area contributed by atoms with E-state index < -0.39 is 0 Å². The van der Waals surface area contributed by atoms with Crippen LogP contribution < -0.4 is 5.32 Å². The highest BCUT2D eigenvalue weighted by Gasteiger charge is 2.14. The number of hydrogen-bond donors (Lipinski definition) is 1. The first-order valence-corrected chi connectivity index (χ1v) is 7.59. The van der Waals surface area contributed by atoms with Gasteiger partial charge in [-0.2, -0.15) is 0 Å². The smallest absolute Gasteiger partial charge is 0.129 e. The van der Waals surface area contributed by atoms with Crippen LogP contribution in [0.25, 0.3) is 0 Å². The minimum atomic E-state index is 0.551. The fraction of sp³-hybridized carbons (Fsp3) is 0.353. The molecule has 0 radical (unpaired) electrons. The standard InChI is InChI=1S/C17H19ClN2/c18-17-6-3-14(12-20-17)11-13-1-4-15(5-2-13)16-7-9-19-10-8-16/h1-6,12,16,19H,7-11H2. The molecule has 104 valence electrons. The van der Waals surface area contributed by atoms with E-state index in [2.05, 4.69) is 34.6 Å². The number of halogens is 1. The molecule has 1 aromatic carbocycles. The SMILES string of the molecule is Clc1ccc(Cc2ccc(C3CCNCC3)cc2)cn1. The highest BCUT2D eigenvalue weighted by atomic mass is 35.5. The van der Waals surface area contributed by atoms with E-state index in [1.165, 1.54) is 29.5 Å². The maximum atomic E-state index is 5.81. The number of aromatic nitrogens is 1. The number of nitrogens with zero attached hydrogens (tertiary/aromatic N) is 1. The zero-order valence-electron chi connectivity index (χ0n) is 11.5. The maximum absolute atomic E-state index is 5.81. The second kappa shape index (κ2) is 6.38. The quantitative estimate of drug-likeness (QED) is 0.868. The van der Waals surface area contributed by atoms with E-state index in [0.29, 0.717) is 5.15 Å². The molecule has 0 saturated carbocycles. The van der Waals surface area contributed by atoms with E-state index in [0.717, 1.165) is 25.4 Å². The van der Waals surface area contributed by atoms with Crippen LogP contribution in [0.15, 0.2) is 42.6 Å². The maximum Gasteiger partial charge on any atom is 0.129 e. The Morgan fingerprint density at radius 2 is 1.70 bits per heavy atom. The molecule has 0 amide bonds. The average Bonchev–Trinajstić information content (AvgIpc) is 2.51. The highest BCUT2D eigenvalue weighted by molar-refractivity contribution is 6.29. The van der Waals surface area contributed by atoms with Crippen LogP contribution >= 0.6 is 11.6 Å². The highest BCUT2D eigenvalue weighted by Crippen LogP contribution is 2.25. The molecule has 2 nitrogen and oxygen atoms in total. The van der Waals surface area contributed by atoms with Gasteiger partial charge in [-0.3, -0.25) is 0 Å². The van der Waals surface area contributed by atoms with Crippen molar-refractivity contribution >= 4 is 11.6 Å². The number of benzene rings is 1. The Morgan fingerprint density at radius 3 is 2.35 bits per heavy atom. The van der Waals surface area contributed by atoms with Crippen molar-refractivity contribution in [2.75, 3.05) is 13.1 Å². The second-order valence-corrected chi connectivity index (χ2v) is 5.82. The van der Waals surface area contributed by atoms with Gasteiger partial charge >= 0.3 is 0 Å². The van der Waals surface area contributed by atoms with Gasteiger partial charge in [0.2, 0.25) is 0 Å². The third-order valence-electron chi connectivity index (χ3n) is 3.99. The van der Waals surface area contributed by atoms with Gasteiger partial charge in [0, 0.05) is 6.20 Å². The molecule has 2 heterocycles. The summed E-state index contributed by atoms with van der Waals surface area (Å²) in [5.74, 6) is 0.725. The second-order valence-electron chi connectivity index (χ2n) is 5.43. The summed E-state index contributed by atoms with van der Waals surface area (Å²) in [7, 11) is 0. The third-order valence-corrected chi connectivity index (χ3v) is 4.21.